The first-order valence-electron chi connectivity index (χ1n) is 6.28. The summed E-state index contributed by atoms with van der Waals surface area (Å²) >= 11 is 0. The molecule has 1 unspecified atom stereocenters. The van der Waals surface area contributed by atoms with Crippen LogP contribution in [0.5, 0.6) is 0 Å². The fourth-order valence-corrected chi connectivity index (χ4v) is 2.89. The number of hydrogen-bond donors (Lipinski definition) is 1. The van der Waals surface area contributed by atoms with Crippen molar-refractivity contribution in [3.8, 4) is 0 Å². The van der Waals surface area contributed by atoms with Gasteiger partial charge in [-0.05, 0) is 32.1 Å². The molecule has 0 spiro atoms. The summed E-state index contributed by atoms with van der Waals surface area (Å²) < 4.78 is 5.36. The van der Waals surface area contributed by atoms with Crippen molar-refractivity contribution in [1.82, 2.24) is 4.90 Å². The van der Waals surface area contributed by atoms with Gasteiger partial charge in [-0.2, -0.15) is 0 Å². The second-order valence-electron chi connectivity index (χ2n) is 4.79. The van der Waals surface area contributed by atoms with Crippen molar-refractivity contribution in [2.24, 2.45) is 0 Å². The van der Waals surface area contributed by atoms with Crippen molar-refractivity contribution >= 4 is 11.9 Å². The summed E-state index contributed by atoms with van der Waals surface area (Å²) in [5.41, 5.74) is -0.997. The number of hydrogen-bond acceptors (Lipinski definition) is 3. The number of carboxylic acid groups (broad SMARTS) is 1. The molecular weight excluding hydrogens is 222 g/mol. The van der Waals surface area contributed by atoms with Gasteiger partial charge in [-0.1, -0.05) is 6.92 Å². The normalized spacial score (nSPS) is 33.0. The highest BCUT2D eigenvalue weighted by Crippen LogP contribution is 2.34. The first-order chi connectivity index (χ1) is 8.12. The van der Waals surface area contributed by atoms with Gasteiger partial charge in [0.2, 0.25) is 0 Å². The van der Waals surface area contributed by atoms with E-state index in [1.54, 1.807) is 0 Å². The fraction of sp³-hybridized carbons (Fsp3) is 0.833. The SMILES string of the molecule is CCC1(C(=O)O)CCCN1C(=O)[C@H]1CCCO1. The van der Waals surface area contributed by atoms with Gasteiger partial charge in [0.15, 0.2) is 0 Å². The van der Waals surface area contributed by atoms with E-state index < -0.39 is 17.6 Å². The van der Waals surface area contributed by atoms with Crippen LogP contribution in [0.15, 0.2) is 0 Å². The van der Waals surface area contributed by atoms with Gasteiger partial charge in [-0.15, -0.1) is 0 Å². The number of rotatable bonds is 3. The molecule has 2 atom stereocenters. The molecule has 1 N–H and O–H groups in total. The first-order valence-corrected chi connectivity index (χ1v) is 6.28. The summed E-state index contributed by atoms with van der Waals surface area (Å²) in [6.45, 7) is 2.98. The summed E-state index contributed by atoms with van der Waals surface area (Å²) in [7, 11) is 0. The maximum atomic E-state index is 12.3. The van der Waals surface area contributed by atoms with Crippen LogP contribution in [0.4, 0.5) is 0 Å². The summed E-state index contributed by atoms with van der Waals surface area (Å²) in [4.78, 5) is 25.2. The maximum Gasteiger partial charge on any atom is 0.329 e. The number of carbonyl (C=O) groups excluding carboxylic acids is 1. The van der Waals surface area contributed by atoms with Gasteiger partial charge >= 0.3 is 5.97 Å². The monoisotopic (exact) mass is 241 g/mol. The molecule has 0 aliphatic carbocycles. The summed E-state index contributed by atoms with van der Waals surface area (Å²) in [5, 5.41) is 9.39. The lowest BCUT2D eigenvalue weighted by atomic mass is 9.92. The van der Waals surface area contributed by atoms with E-state index in [9.17, 15) is 14.7 Å². The van der Waals surface area contributed by atoms with Crippen molar-refractivity contribution < 1.29 is 19.4 Å². The Kier molecular flexibility index (Phi) is 3.38. The van der Waals surface area contributed by atoms with E-state index in [2.05, 4.69) is 0 Å². The lowest BCUT2D eigenvalue weighted by molar-refractivity contribution is -0.160. The molecule has 2 fully saturated rings. The minimum atomic E-state index is -0.997. The standard InChI is InChI=1S/C12H19NO4/c1-2-12(11(15)16)6-4-7-13(12)10(14)9-5-3-8-17-9/h9H,2-8H2,1H3,(H,15,16)/t9-,12?/m1/s1. The number of carbonyl (C=O) groups is 2. The molecule has 2 heterocycles. The second-order valence-corrected chi connectivity index (χ2v) is 4.79. The van der Waals surface area contributed by atoms with Crippen LogP contribution in [0.25, 0.3) is 0 Å². The molecule has 1 amide bonds. The van der Waals surface area contributed by atoms with Gasteiger partial charge in [0, 0.05) is 13.2 Å². The zero-order chi connectivity index (χ0) is 12.5. The highest BCUT2D eigenvalue weighted by atomic mass is 16.5. The lowest BCUT2D eigenvalue weighted by Crippen LogP contribution is -2.55. The summed E-state index contributed by atoms with van der Waals surface area (Å²) in [5.74, 6) is -1.02. The Morgan fingerprint density at radius 1 is 1.47 bits per heavy atom. The Labute approximate surface area is 101 Å². The van der Waals surface area contributed by atoms with E-state index in [-0.39, 0.29) is 5.91 Å². The molecule has 17 heavy (non-hydrogen) atoms. The van der Waals surface area contributed by atoms with E-state index in [4.69, 9.17) is 4.74 Å². The molecule has 0 saturated carbocycles. The fourth-order valence-electron chi connectivity index (χ4n) is 2.89. The third-order valence-electron chi connectivity index (χ3n) is 3.94. The van der Waals surface area contributed by atoms with E-state index >= 15 is 0 Å². The Balaban J connectivity index is 2.18. The van der Waals surface area contributed by atoms with Crippen LogP contribution in [0.1, 0.15) is 39.0 Å². The lowest BCUT2D eigenvalue weighted by Gasteiger charge is -2.35. The molecule has 96 valence electrons. The smallest absolute Gasteiger partial charge is 0.329 e. The van der Waals surface area contributed by atoms with Crippen LogP contribution in [0, 0.1) is 0 Å². The van der Waals surface area contributed by atoms with E-state index in [0.717, 1.165) is 19.3 Å². The third-order valence-corrected chi connectivity index (χ3v) is 3.94. The highest BCUT2D eigenvalue weighted by molar-refractivity contribution is 5.90. The zero-order valence-corrected chi connectivity index (χ0v) is 10.1. The van der Waals surface area contributed by atoms with Gasteiger partial charge in [0.1, 0.15) is 11.6 Å². The van der Waals surface area contributed by atoms with Gasteiger partial charge in [-0.3, -0.25) is 4.79 Å². The Morgan fingerprint density at radius 3 is 2.76 bits per heavy atom. The first kappa shape index (κ1) is 12.4. The van der Waals surface area contributed by atoms with Crippen molar-refractivity contribution in [3.05, 3.63) is 0 Å². The predicted octanol–water partition coefficient (Wildman–Crippen LogP) is 1.02. The van der Waals surface area contributed by atoms with Crippen molar-refractivity contribution in [2.45, 2.75) is 50.7 Å². The maximum absolute atomic E-state index is 12.3. The van der Waals surface area contributed by atoms with Crippen LogP contribution in [-0.2, 0) is 14.3 Å². The molecule has 0 aromatic heterocycles. The molecular formula is C12H19NO4. The molecule has 5 nitrogen and oxygen atoms in total. The highest BCUT2D eigenvalue weighted by Gasteiger charge is 2.50. The summed E-state index contributed by atoms with van der Waals surface area (Å²) in [6.07, 6.45) is 2.96. The molecule has 2 rings (SSSR count). The number of ether oxygens (including phenoxy) is 1. The largest absolute Gasteiger partial charge is 0.479 e. The van der Waals surface area contributed by atoms with Crippen LogP contribution in [-0.4, -0.2) is 46.7 Å². The topological polar surface area (TPSA) is 66.8 Å². The van der Waals surface area contributed by atoms with Crippen LogP contribution in [0.3, 0.4) is 0 Å². The second kappa shape index (κ2) is 4.64. The molecule has 0 radical (unpaired) electrons. The van der Waals surface area contributed by atoms with E-state index in [0.29, 0.717) is 26.0 Å². The van der Waals surface area contributed by atoms with Crippen LogP contribution < -0.4 is 0 Å². The predicted molar refractivity (Wildman–Crippen MR) is 60.6 cm³/mol. The van der Waals surface area contributed by atoms with Crippen LogP contribution >= 0.6 is 0 Å². The third kappa shape index (κ3) is 1.92. The molecule has 0 aromatic rings. The van der Waals surface area contributed by atoms with Gasteiger partial charge in [0.05, 0.1) is 0 Å². The van der Waals surface area contributed by atoms with Crippen LogP contribution in [0.2, 0.25) is 0 Å². The Hall–Kier alpha value is -1.10. The van der Waals surface area contributed by atoms with Gasteiger partial charge in [0.25, 0.3) is 5.91 Å². The Morgan fingerprint density at radius 2 is 2.24 bits per heavy atom. The van der Waals surface area contributed by atoms with Gasteiger partial charge < -0.3 is 14.7 Å². The quantitative estimate of drug-likeness (QED) is 0.801. The average molecular weight is 241 g/mol. The molecule has 2 aliphatic rings. The number of likely N-dealkylation sites (tertiary alicyclic amines) is 1. The average Bonchev–Trinajstić information content (AvgIpc) is 2.97. The van der Waals surface area contributed by atoms with Crippen molar-refractivity contribution in [1.29, 1.82) is 0 Å². The molecule has 2 aliphatic heterocycles. The minimum absolute atomic E-state index is 0.135. The number of nitrogens with zero attached hydrogens (tertiary/aromatic N) is 1. The molecule has 0 bridgehead atoms. The van der Waals surface area contributed by atoms with Gasteiger partial charge in [-0.25, -0.2) is 4.79 Å². The molecule has 5 heteroatoms. The number of aliphatic carboxylic acids is 1. The number of amides is 1. The summed E-state index contributed by atoms with van der Waals surface area (Å²) in [6, 6.07) is 0. The van der Waals surface area contributed by atoms with Crippen molar-refractivity contribution in [2.75, 3.05) is 13.2 Å². The van der Waals surface area contributed by atoms with Crippen molar-refractivity contribution in [3.63, 3.8) is 0 Å². The van der Waals surface area contributed by atoms with E-state index in [1.807, 2.05) is 6.92 Å². The number of carboxylic acids is 1. The molecule has 2 saturated heterocycles. The van der Waals surface area contributed by atoms with E-state index in [1.165, 1.54) is 4.90 Å². The Bertz CT molecular complexity index is 324. The minimum Gasteiger partial charge on any atom is -0.479 e. The zero-order valence-electron chi connectivity index (χ0n) is 10.1. The molecule has 0 aromatic carbocycles.